The zero-order valence-corrected chi connectivity index (χ0v) is 16.2. The van der Waals surface area contributed by atoms with Gasteiger partial charge in [0.05, 0.1) is 15.9 Å². The second kappa shape index (κ2) is 8.15. The van der Waals surface area contributed by atoms with Crippen molar-refractivity contribution in [2.24, 2.45) is 0 Å². The number of amides is 1. The number of aromatic nitrogens is 2. The minimum atomic E-state index is -1.04. The molecule has 3 rings (SSSR count). The average Bonchev–Trinajstić information content (AvgIpc) is 2.89. The van der Waals surface area contributed by atoms with Crippen molar-refractivity contribution < 1.29 is 14.7 Å². The van der Waals surface area contributed by atoms with Gasteiger partial charge in [0.15, 0.2) is 0 Å². The Hall–Kier alpha value is -1.97. The molecule has 1 fully saturated rings. The van der Waals surface area contributed by atoms with E-state index < -0.39 is 12.0 Å². The average molecular weight is 406 g/mol. The highest BCUT2D eigenvalue weighted by atomic mass is 32.2. The van der Waals surface area contributed by atoms with Gasteiger partial charge in [-0.15, -0.1) is 0 Å². The van der Waals surface area contributed by atoms with Crippen LogP contribution in [0.2, 0.25) is 0 Å². The van der Waals surface area contributed by atoms with E-state index in [1.165, 1.54) is 16.7 Å². The smallest absolute Gasteiger partial charge is 0.326 e. The van der Waals surface area contributed by atoms with Crippen molar-refractivity contribution in [3.63, 3.8) is 0 Å². The van der Waals surface area contributed by atoms with E-state index in [1.54, 1.807) is 18.5 Å². The summed E-state index contributed by atoms with van der Waals surface area (Å²) in [6.07, 6.45) is 7.18. The Morgan fingerprint density at radius 3 is 2.81 bits per heavy atom. The molecule has 0 unspecified atom stereocenters. The molecule has 0 radical (unpaired) electrons. The molecule has 1 saturated heterocycles. The number of fused-ring (bicyclic) bond motifs is 1. The van der Waals surface area contributed by atoms with Gasteiger partial charge in [0.2, 0.25) is 0 Å². The minimum Gasteiger partial charge on any atom is -0.480 e. The number of carboxylic acids is 1. The van der Waals surface area contributed by atoms with Gasteiger partial charge in [0.1, 0.15) is 10.4 Å². The third-order valence-electron chi connectivity index (χ3n) is 3.81. The second-order valence-corrected chi connectivity index (χ2v) is 8.15. The Labute approximate surface area is 164 Å². The highest BCUT2D eigenvalue weighted by molar-refractivity contribution is 8.26. The van der Waals surface area contributed by atoms with Crippen LogP contribution in [0.1, 0.15) is 12.0 Å². The molecule has 1 aliphatic rings. The lowest BCUT2D eigenvalue weighted by molar-refractivity contribution is -0.145. The molecule has 2 heterocycles. The van der Waals surface area contributed by atoms with Crippen molar-refractivity contribution in [1.29, 1.82) is 0 Å². The van der Waals surface area contributed by atoms with E-state index in [0.717, 1.165) is 28.4 Å². The summed E-state index contributed by atoms with van der Waals surface area (Å²) in [6.45, 7) is 0. The second-order valence-electron chi connectivity index (χ2n) is 5.49. The molecule has 9 heteroatoms. The number of thioether (sulfide) groups is 2. The van der Waals surface area contributed by atoms with Gasteiger partial charge in [-0.1, -0.05) is 30.0 Å². The van der Waals surface area contributed by atoms with Crippen LogP contribution in [0, 0.1) is 0 Å². The van der Waals surface area contributed by atoms with E-state index in [0.29, 0.717) is 17.1 Å². The number of carbonyl (C=O) groups excluding carboxylic acids is 1. The van der Waals surface area contributed by atoms with Crippen LogP contribution < -0.4 is 0 Å². The molecule has 26 heavy (non-hydrogen) atoms. The maximum absolute atomic E-state index is 12.7. The van der Waals surface area contributed by atoms with Crippen LogP contribution in [0.3, 0.4) is 0 Å². The molecule has 0 saturated carbocycles. The zero-order chi connectivity index (χ0) is 18.7. The lowest BCUT2D eigenvalue weighted by atomic mass is 10.1. The van der Waals surface area contributed by atoms with Crippen molar-refractivity contribution in [1.82, 2.24) is 14.9 Å². The quantitative estimate of drug-likeness (QED) is 0.580. The van der Waals surface area contributed by atoms with Gasteiger partial charge >= 0.3 is 5.97 Å². The Morgan fingerprint density at radius 2 is 2.12 bits per heavy atom. The van der Waals surface area contributed by atoms with Gasteiger partial charge in [-0.3, -0.25) is 19.7 Å². The standard InChI is InChI=1S/C17H15N3O3S3/c1-25-7-4-13(16(22)23)20-15(21)14(26-17(20)24)9-10-2-3-11-12(8-10)19-6-5-18-11/h2-3,5-6,8-9,13H,4,7H2,1H3,(H,22,23)/b14-9+/t13-/m1/s1. The van der Waals surface area contributed by atoms with Gasteiger partial charge in [-0.25, -0.2) is 4.79 Å². The van der Waals surface area contributed by atoms with Crippen molar-refractivity contribution in [3.8, 4) is 0 Å². The summed E-state index contributed by atoms with van der Waals surface area (Å²) in [5, 5.41) is 9.48. The van der Waals surface area contributed by atoms with Crippen LogP contribution in [-0.4, -0.2) is 54.2 Å². The van der Waals surface area contributed by atoms with Crippen LogP contribution in [0.4, 0.5) is 0 Å². The van der Waals surface area contributed by atoms with E-state index in [4.69, 9.17) is 12.2 Å². The van der Waals surface area contributed by atoms with Gasteiger partial charge < -0.3 is 5.11 Å². The lowest BCUT2D eigenvalue weighted by Crippen LogP contribution is -2.44. The first kappa shape index (κ1) is 18.8. The number of nitrogens with zero attached hydrogens (tertiary/aromatic N) is 3. The number of carbonyl (C=O) groups is 2. The Bertz CT molecular complexity index is 916. The van der Waals surface area contributed by atoms with E-state index in [1.807, 2.05) is 24.5 Å². The predicted molar refractivity (Wildman–Crippen MR) is 109 cm³/mol. The summed E-state index contributed by atoms with van der Waals surface area (Å²) in [7, 11) is 0. The number of aliphatic carboxylic acids is 1. The molecular weight excluding hydrogens is 390 g/mol. The van der Waals surface area contributed by atoms with E-state index in [9.17, 15) is 14.7 Å². The van der Waals surface area contributed by atoms with Gasteiger partial charge in [0, 0.05) is 12.4 Å². The van der Waals surface area contributed by atoms with Crippen LogP contribution in [0.5, 0.6) is 0 Å². The SMILES string of the molecule is CSCC[C@H](C(=O)O)N1C(=O)/C(=C\c2ccc3nccnc3c2)SC1=S. The molecule has 1 atom stereocenters. The third kappa shape index (κ3) is 3.89. The third-order valence-corrected chi connectivity index (χ3v) is 5.78. The summed E-state index contributed by atoms with van der Waals surface area (Å²) in [5.41, 5.74) is 2.27. The first-order valence-corrected chi connectivity index (χ1v) is 10.3. The van der Waals surface area contributed by atoms with Crippen molar-refractivity contribution in [3.05, 3.63) is 41.1 Å². The topological polar surface area (TPSA) is 83.4 Å². The highest BCUT2D eigenvalue weighted by Crippen LogP contribution is 2.35. The molecule has 1 aromatic carbocycles. The molecule has 134 valence electrons. The molecule has 1 aromatic heterocycles. The zero-order valence-electron chi connectivity index (χ0n) is 13.8. The Morgan fingerprint density at radius 1 is 1.38 bits per heavy atom. The van der Waals surface area contributed by atoms with Crippen LogP contribution in [0.25, 0.3) is 17.1 Å². The fourth-order valence-corrected chi connectivity index (χ4v) is 4.38. The van der Waals surface area contributed by atoms with Crippen LogP contribution >= 0.6 is 35.7 Å². The summed E-state index contributed by atoms with van der Waals surface area (Å²) in [4.78, 5) is 34.4. The molecule has 2 aromatic rings. The summed E-state index contributed by atoms with van der Waals surface area (Å²) < 4.78 is 0.273. The fraction of sp³-hybridized carbons (Fsp3) is 0.235. The van der Waals surface area contributed by atoms with Crippen LogP contribution in [0.15, 0.2) is 35.5 Å². The Kier molecular flexibility index (Phi) is 5.90. The molecule has 1 N–H and O–H groups in total. The first-order valence-electron chi connectivity index (χ1n) is 7.71. The normalized spacial score (nSPS) is 17.3. The number of carboxylic acid groups (broad SMARTS) is 1. The fourth-order valence-electron chi connectivity index (χ4n) is 2.56. The molecule has 0 bridgehead atoms. The predicted octanol–water partition coefficient (Wildman–Crippen LogP) is 3.04. The maximum atomic E-state index is 12.7. The number of hydrogen-bond acceptors (Lipinski definition) is 7. The van der Waals surface area contributed by atoms with E-state index >= 15 is 0 Å². The van der Waals surface area contributed by atoms with Gasteiger partial charge in [0.25, 0.3) is 5.91 Å². The van der Waals surface area contributed by atoms with Crippen molar-refractivity contribution >= 4 is 69.0 Å². The van der Waals surface area contributed by atoms with Crippen molar-refractivity contribution in [2.45, 2.75) is 12.5 Å². The molecule has 1 aliphatic heterocycles. The van der Waals surface area contributed by atoms with E-state index in [2.05, 4.69) is 9.97 Å². The molecule has 1 amide bonds. The number of rotatable bonds is 6. The highest BCUT2D eigenvalue weighted by Gasteiger charge is 2.40. The van der Waals surface area contributed by atoms with Crippen LogP contribution in [-0.2, 0) is 9.59 Å². The number of thiocarbonyl (C=S) groups is 1. The summed E-state index contributed by atoms with van der Waals surface area (Å²) in [6, 6.07) is 4.56. The molecule has 6 nitrogen and oxygen atoms in total. The Balaban J connectivity index is 1.89. The maximum Gasteiger partial charge on any atom is 0.326 e. The number of benzene rings is 1. The van der Waals surface area contributed by atoms with Gasteiger partial charge in [-0.05, 0) is 42.2 Å². The number of hydrogen-bond donors (Lipinski definition) is 1. The lowest BCUT2D eigenvalue weighted by Gasteiger charge is -2.22. The molecule has 0 spiro atoms. The minimum absolute atomic E-state index is 0.273. The molecule has 0 aliphatic carbocycles. The van der Waals surface area contributed by atoms with Crippen molar-refractivity contribution in [2.75, 3.05) is 12.0 Å². The summed E-state index contributed by atoms with van der Waals surface area (Å²) in [5.74, 6) is -0.776. The van der Waals surface area contributed by atoms with Gasteiger partial charge in [-0.2, -0.15) is 11.8 Å². The first-order chi connectivity index (χ1) is 12.5. The molecular formula is C17H15N3O3S3. The monoisotopic (exact) mass is 405 g/mol. The van der Waals surface area contributed by atoms with E-state index in [-0.39, 0.29) is 10.2 Å². The largest absolute Gasteiger partial charge is 0.480 e. The summed E-state index contributed by atoms with van der Waals surface area (Å²) >= 11 is 7.93.